The van der Waals surface area contributed by atoms with Crippen LogP contribution in [0.5, 0.6) is 0 Å². The van der Waals surface area contributed by atoms with Crippen LogP contribution < -0.4 is 11.0 Å². The zero-order valence-electron chi connectivity index (χ0n) is 10.0. The van der Waals surface area contributed by atoms with Crippen molar-refractivity contribution < 1.29 is 0 Å². The van der Waals surface area contributed by atoms with Crippen molar-refractivity contribution in [3.63, 3.8) is 0 Å². The molecule has 0 fully saturated rings. The minimum atomic E-state index is -0.198. The van der Waals surface area contributed by atoms with Gasteiger partial charge >= 0.3 is 5.69 Å². The zero-order valence-corrected chi connectivity index (χ0v) is 10.0. The molecule has 5 nitrogen and oxygen atoms in total. The van der Waals surface area contributed by atoms with Crippen LogP contribution in [0.1, 0.15) is 18.3 Å². The Kier molecular flexibility index (Phi) is 3.39. The maximum absolute atomic E-state index is 11.8. The van der Waals surface area contributed by atoms with Crippen LogP contribution in [0.25, 0.3) is 5.69 Å². The Morgan fingerprint density at radius 3 is 2.88 bits per heavy atom. The largest absolute Gasteiger partial charge is 0.347 e. The van der Waals surface area contributed by atoms with E-state index in [1.165, 1.54) is 0 Å². The highest BCUT2D eigenvalue weighted by molar-refractivity contribution is 5.41. The molecule has 2 N–H and O–H groups in total. The van der Waals surface area contributed by atoms with Crippen LogP contribution >= 0.6 is 0 Å². The number of nitrogens with one attached hydrogen (secondary N) is 2. The molecule has 0 amide bonds. The molecule has 0 aliphatic rings. The third-order valence-corrected chi connectivity index (χ3v) is 2.69. The molecule has 0 unspecified atom stereocenters. The Labute approximate surface area is 99.5 Å². The Bertz CT molecular complexity index is 556. The molecule has 0 spiro atoms. The predicted octanol–water partition coefficient (Wildman–Crippen LogP) is 0.842. The molecular formula is C12H16N4O. The van der Waals surface area contributed by atoms with Crippen LogP contribution in [0.15, 0.2) is 29.1 Å². The summed E-state index contributed by atoms with van der Waals surface area (Å²) in [6.07, 6.45) is 0.882. The number of aromatic amines is 1. The molecule has 0 atom stereocenters. The van der Waals surface area contributed by atoms with Crippen molar-refractivity contribution in [3.8, 4) is 5.69 Å². The van der Waals surface area contributed by atoms with E-state index in [1.807, 2.05) is 31.3 Å². The van der Waals surface area contributed by atoms with Gasteiger partial charge in [0.25, 0.3) is 0 Å². The number of aryl methyl sites for hydroxylation is 1. The van der Waals surface area contributed by atoms with Crippen molar-refractivity contribution in [1.29, 1.82) is 0 Å². The Morgan fingerprint density at radius 2 is 2.18 bits per heavy atom. The van der Waals surface area contributed by atoms with E-state index < -0.39 is 0 Å². The standard InChI is InChI=1S/C12H16N4O/c1-3-9-6-4-5-7-10(9)16-11(8-13-2)14-15-12(16)17/h4-7,13H,3,8H2,1-2H3,(H,15,17). The van der Waals surface area contributed by atoms with Gasteiger partial charge < -0.3 is 5.32 Å². The van der Waals surface area contributed by atoms with Crippen LogP contribution in [0.3, 0.4) is 0 Å². The number of para-hydroxylation sites is 1. The van der Waals surface area contributed by atoms with Gasteiger partial charge in [-0.25, -0.2) is 14.5 Å². The van der Waals surface area contributed by atoms with E-state index in [2.05, 4.69) is 22.4 Å². The molecule has 1 heterocycles. The number of rotatable bonds is 4. The third kappa shape index (κ3) is 2.14. The van der Waals surface area contributed by atoms with Crippen LogP contribution in [-0.2, 0) is 13.0 Å². The highest BCUT2D eigenvalue weighted by atomic mass is 16.1. The van der Waals surface area contributed by atoms with E-state index in [0.29, 0.717) is 12.4 Å². The third-order valence-electron chi connectivity index (χ3n) is 2.69. The number of benzene rings is 1. The van der Waals surface area contributed by atoms with E-state index in [1.54, 1.807) is 4.57 Å². The summed E-state index contributed by atoms with van der Waals surface area (Å²) in [6.45, 7) is 2.62. The molecule has 2 rings (SSSR count). The first-order valence-electron chi connectivity index (χ1n) is 5.67. The minimum absolute atomic E-state index is 0.198. The summed E-state index contributed by atoms with van der Waals surface area (Å²) in [5.41, 5.74) is 1.84. The summed E-state index contributed by atoms with van der Waals surface area (Å²) < 4.78 is 1.62. The summed E-state index contributed by atoms with van der Waals surface area (Å²) in [4.78, 5) is 11.8. The van der Waals surface area contributed by atoms with E-state index in [0.717, 1.165) is 17.7 Å². The van der Waals surface area contributed by atoms with Crippen molar-refractivity contribution in [1.82, 2.24) is 20.1 Å². The van der Waals surface area contributed by atoms with Gasteiger partial charge in [0, 0.05) is 0 Å². The molecule has 0 radical (unpaired) electrons. The summed E-state index contributed by atoms with van der Waals surface area (Å²) in [7, 11) is 1.83. The van der Waals surface area contributed by atoms with Gasteiger partial charge in [0.05, 0.1) is 12.2 Å². The lowest BCUT2D eigenvalue weighted by Gasteiger charge is -2.09. The molecule has 0 saturated carbocycles. The molecule has 1 aromatic carbocycles. The molecule has 0 aliphatic carbocycles. The van der Waals surface area contributed by atoms with Crippen LogP contribution in [0, 0.1) is 0 Å². The number of nitrogens with zero attached hydrogens (tertiary/aromatic N) is 2. The van der Waals surface area contributed by atoms with Gasteiger partial charge in [-0.1, -0.05) is 25.1 Å². The quantitative estimate of drug-likeness (QED) is 0.821. The second-order valence-electron chi connectivity index (χ2n) is 3.79. The summed E-state index contributed by atoms with van der Waals surface area (Å²) >= 11 is 0. The maximum Gasteiger partial charge on any atom is 0.347 e. The number of hydrogen-bond acceptors (Lipinski definition) is 3. The van der Waals surface area contributed by atoms with E-state index in [9.17, 15) is 4.79 Å². The van der Waals surface area contributed by atoms with Crippen molar-refractivity contribution in [3.05, 3.63) is 46.1 Å². The van der Waals surface area contributed by atoms with Gasteiger partial charge in [-0.05, 0) is 25.1 Å². The molecule has 90 valence electrons. The maximum atomic E-state index is 11.8. The smallest absolute Gasteiger partial charge is 0.313 e. The van der Waals surface area contributed by atoms with Gasteiger partial charge in [-0.3, -0.25) is 0 Å². The number of H-pyrrole nitrogens is 1. The summed E-state index contributed by atoms with van der Waals surface area (Å²) in [5.74, 6) is 0.693. The first kappa shape index (κ1) is 11.6. The zero-order chi connectivity index (χ0) is 12.3. The Morgan fingerprint density at radius 1 is 1.41 bits per heavy atom. The molecule has 0 aliphatic heterocycles. The van der Waals surface area contributed by atoms with Gasteiger partial charge in [0.15, 0.2) is 5.82 Å². The van der Waals surface area contributed by atoms with Gasteiger partial charge in [-0.2, -0.15) is 5.10 Å². The topological polar surface area (TPSA) is 62.7 Å². The highest BCUT2D eigenvalue weighted by Crippen LogP contribution is 2.14. The Hall–Kier alpha value is -1.88. The summed E-state index contributed by atoms with van der Waals surface area (Å²) in [5, 5.41) is 9.51. The van der Waals surface area contributed by atoms with Crippen molar-refractivity contribution in [2.45, 2.75) is 19.9 Å². The van der Waals surface area contributed by atoms with Gasteiger partial charge in [0.2, 0.25) is 0 Å². The molecule has 17 heavy (non-hydrogen) atoms. The molecule has 2 aromatic rings. The van der Waals surface area contributed by atoms with Gasteiger partial charge in [-0.15, -0.1) is 0 Å². The minimum Gasteiger partial charge on any atom is -0.313 e. The number of aromatic nitrogens is 3. The van der Waals surface area contributed by atoms with Crippen LogP contribution in [0.4, 0.5) is 0 Å². The fraction of sp³-hybridized carbons (Fsp3) is 0.333. The lowest BCUT2D eigenvalue weighted by Crippen LogP contribution is -2.20. The van der Waals surface area contributed by atoms with E-state index in [-0.39, 0.29) is 5.69 Å². The summed E-state index contributed by atoms with van der Waals surface area (Å²) in [6, 6.07) is 7.87. The predicted molar refractivity (Wildman–Crippen MR) is 66.3 cm³/mol. The van der Waals surface area contributed by atoms with E-state index >= 15 is 0 Å². The molecular weight excluding hydrogens is 216 g/mol. The lowest BCUT2D eigenvalue weighted by molar-refractivity contribution is 0.732. The first-order valence-corrected chi connectivity index (χ1v) is 5.67. The molecule has 5 heteroatoms. The average molecular weight is 232 g/mol. The van der Waals surface area contributed by atoms with Crippen LogP contribution in [0.2, 0.25) is 0 Å². The molecule has 1 aromatic heterocycles. The van der Waals surface area contributed by atoms with Crippen molar-refractivity contribution >= 4 is 0 Å². The lowest BCUT2D eigenvalue weighted by atomic mass is 10.1. The van der Waals surface area contributed by atoms with Gasteiger partial charge in [0.1, 0.15) is 0 Å². The first-order chi connectivity index (χ1) is 8.27. The second kappa shape index (κ2) is 4.97. The monoisotopic (exact) mass is 232 g/mol. The fourth-order valence-electron chi connectivity index (χ4n) is 1.88. The normalized spacial score (nSPS) is 10.7. The van der Waals surface area contributed by atoms with Crippen molar-refractivity contribution in [2.24, 2.45) is 0 Å². The average Bonchev–Trinajstić information content (AvgIpc) is 2.71. The highest BCUT2D eigenvalue weighted by Gasteiger charge is 2.11. The molecule has 0 bridgehead atoms. The number of hydrogen-bond donors (Lipinski definition) is 2. The second-order valence-corrected chi connectivity index (χ2v) is 3.79. The van der Waals surface area contributed by atoms with E-state index in [4.69, 9.17) is 0 Å². The van der Waals surface area contributed by atoms with Crippen molar-refractivity contribution in [2.75, 3.05) is 7.05 Å². The fourth-order valence-corrected chi connectivity index (χ4v) is 1.88. The SMILES string of the molecule is CCc1ccccc1-n1c(CNC)n[nH]c1=O. The Balaban J connectivity index is 2.59. The van der Waals surface area contributed by atoms with Crippen LogP contribution in [-0.4, -0.2) is 21.8 Å². The molecule has 0 saturated heterocycles.